The molecular formula is C19H37NO. The number of hydrogen-bond acceptors (Lipinski definition) is 2. The maximum absolute atomic E-state index is 6.60. The highest BCUT2D eigenvalue weighted by Gasteiger charge is 2.38. The van der Waals surface area contributed by atoms with E-state index in [1.807, 2.05) is 0 Å². The molecule has 0 aliphatic heterocycles. The molecule has 124 valence electrons. The maximum Gasteiger partial charge on any atom is 0.0621 e. The van der Waals surface area contributed by atoms with E-state index in [9.17, 15) is 0 Å². The minimum atomic E-state index is 0.412. The largest absolute Gasteiger partial charge is 0.375 e. The lowest BCUT2D eigenvalue weighted by atomic mass is 9.66. The van der Waals surface area contributed by atoms with Crippen molar-refractivity contribution in [3.05, 3.63) is 0 Å². The summed E-state index contributed by atoms with van der Waals surface area (Å²) in [5.74, 6) is 2.23. The zero-order valence-corrected chi connectivity index (χ0v) is 14.7. The van der Waals surface area contributed by atoms with Crippen LogP contribution in [0.1, 0.15) is 79.1 Å². The van der Waals surface area contributed by atoms with Crippen LogP contribution < -0.4 is 5.73 Å². The summed E-state index contributed by atoms with van der Waals surface area (Å²) in [5.41, 5.74) is 6.48. The van der Waals surface area contributed by atoms with Gasteiger partial charge in [0, 0.05) is 0 Å². The van der Waals surface area contributed by atoms with Crippen molar-refractivity contribution in [3.8, 4) is 0 Å². The lowest BCUT2D eigenvalue weighted by molar-refractivity contribution is -0.0968. The molecule has 2 nitrogen and oxygen atoms in total. The SMILES string of the molecule is CCC(C)(C)C1CCC(CN)C(OC2CCCC(C)C2)C1. The van der Waals surface area contributed by atoms with E-state index in [0.717, 1.165) is 18.4 Å². The molecule has 2 heteroatoms. The summed E-state index contributed by atoms with van der Waals surface area (Å²) in [6.07, 6.45) is 11.3. The molecule has 5 unspecified atom stereocenters. The number of nitrogens with two attached hydrogens (primary N) is 1. The molecule has 0 aromatic carbocycles. The number of rotatable bonds is 5. The van der Waals surface area contributed by atoms with Gasteiger partial charge in [-0.15, -0.1) is 0 Å². The first-order valence-corrected chi connectivity index (χ1v) is 9.31. The molecule has 5 atom stereocenters. The van der Waals surface area contributed by atoms with Gasteiger partial charge in [0.05, 0.1) is 12.2 Å². The Morgan fingerprint density at radius 3 is 2.48 bits per heavy atom. The van der Waals surface area contributed by atoms with Gasteiger partial charge < -0.3 is 10.5 Å². The van der Waals surface area contributed by atoms with E-state index < -0.39 is 0 Å². The molecule has 21 heavy (non-hydrogen) atoms. The van der Waals surface area contributed by atoms with Crippen LogP contribution in [0.3, 0.4) is 0 Å². The predicted molar refractivity (Wildman–Crippen MR) is 90.3 cm³/mol. The third-order valence-electron chi connectivity index (χ3n) is 6.50. The van der Waals surface area contributed by atoms with Gasteiger partial charge in [0.25, 0.3) is 0 Å². The van der Waals surface area contributed by atoms with Crippen molar-refractivity contribution < 1.29 is 4.74 Å². The molecule has 2 N–H and O–H groups in total. The minimum Gasteiger partial charge on any atom is -0.375 e. The summed E-state index contributed by atoms with van der Waals surface area (Å²) in [7, 11) is 0. The summed E-state index contributed by atoms with van der Waals surface area (Å²) in [6.45, 7) is 10.4. The van der Waals surface area contributed by atoms with E-state index in [4.69, 9.17) is 10.5 Å². The van der Waals surface area contributed by atoms with Gasteiger partial charge in [-0.05, 0) is 61.8 Å². The fourth-order valence-electron chi connectivity index (χ4n) is 4.38. The molecule has 0 amide bonds. The zero-order valence-electron chi connectivity index (χ0n) is 14.7. The highest BCUT2D eigenvalue weighted by atomic mass is 16.5. The van der Waals surface area contributed by atoms with Crippen molar-refractivity contribution in [3.63, 3.8) is 0 Å². The van der Waals surface area contributed by atoms with Crippen LogP contribution in [-0.4, -0.2) is 18.8 Å². The van der Waals surface area contributed by atoms with Gasteiger partial charge in [-0.2, -0.15) is 0 Å². The van der Waals surface area contributed by atoms with Crippen molar-refractivity contribution in [1.29, 1.82) is 0 Å². The van der Waals surface area contributed by atoms with Gasteiger partial charge in [0.2, 0.25) is 0 Å². The molecule has 0 aromatic heterocycles. The van der Waals surface area contributed by atoms with Gasteiger partial charge in [-0.1, -0.05) is 47.0 Å². The third kappa shape index (κ3) is 4.45. The first-order chi connectivity index (χ1) is 9.96. The van der Waals surface area contributed by atoms with E-state index in [0.29, 0.717) is 23.5 Å². The van der Waals surface area contributed by atoms with Crippen molar-refractivity contribution in [1.82, 2.24) is 0 Å². The first-order valence-electron chi connectivity index (χ1n) is 9.31. The summed E-state index contributed by atoms with van der Waals surface area (Å²) < 4.78 is 6.60. The first kappa shape index (κ1) is 17.3. The fourth-order valence-corrected chi connectivity index (χ4v) is 4.38. The third-order valence-corrected chi connectivity index (χ3v) is 6.50. The summed E-state index contributed by atoms with van der Waals surface area (Å²) in [6, 6.07) is 0. The lowest BCUT2D eigenvalue weighted by Crippen LogP contribution is -2.42. The number of hydrogen-bond donors (Lipinski definition) is 1. The average molecular weight is 296 g/mol. The van der Waals surface area contributed by atoms with Crippen LogP contribution in [0.15, 0.2) is 0 Å². The molecule has 2 rings (SSSR count). The van der Waals surface area contributed by atoms with Gasteiger partial charge in [-0.3, -0.25) is 0 Å². The zero-order chi connectivity index (χ0) is 15.5. The minimum absolute atomic E-state index is 0.412. The fraction of sp³-hybridized carbons (Fsp3) is 1.00. The molecule has 0 spiro atoms. The van der Waals surface area contributed by atoms with Crippen molar-refractivity contribution in [2.24, 2.45) is 28.9 Å². The van der Waals surface area contributed by atoms with Gasteiger partial charge >= 0.3 is 0 Å². The van der Waals surface area contributed by atoms with E-state index in [2.05, 4.69) is 27.7 Å². The second-order valence-corrected chi connectivity index (χ2v) is 8.42. The Labute approximate surface area is 132 Å². The molecule has 0 heterocycles. The van der Waals surface area contributed by atoms with Crippen molar-refractivity contribution in [2.75, 3.05) is 6.54 Å². The smallest absolute Gasteiger partial charge is 0.0621 e. The van der Waals surface area contributed by atoms with Crippen molar-refractivity contribution in [2.45, 2.75) is 91.3 Å². The molecule has 2 fully saturated rings. The molecule has 0 aromatic rings. The Morgan fingerprint density at radius 2 is 1.86 bits per heavy atom. The second-order valence-electron chi connectivity index (χ2n) is 8.42. The quantitative estimate of drug-likeness (QED) is 0.793. The Kier molecular flexibility index (Phi) is 6.14. The molecule has 0 radical (unpaired) electrons. The van der Waals surface area contributed by atoms with Crippen LogP contribution >= 0.6 is 0 Å². The Hall–Kier alpha value is -0.0800. The maximum atomic E-state index is 6.60. The van der Waals surface area contributed by atoms with Crippen LogP contribution in [-0.2, 0) is 4.74 Å². The van der Waals surface area contributed by atoms with Crippen LogP contribution in [0, 0.1) is 23.2 Å². The van der Waals surface area contributed by atoms with E-state index in [1.165, 1.54) is 51.4 Å². The topological polar surface area (TPSA) is 35.2 Å². The lowest BCUT2D eigenvalue weighted by Gasteiger charge is -2.44. The van der Waals surface area contributed by atoms with Gasteiger partial charge in [0.15, 0.2) is 0 Å². The summed E-state index contributed by atoms with van der Waals surface area (Å²) in [4.78, 5) is 0. The standard InChI is InChI=1S/C19H37NO/c1-5-19(3,4)16-10-9-15(13-20)18(12-16)21-17-8-6-7-14(2)11-17/h14-18H,5-13,20H2,1-4H3. The molecule has 0 saturated heterocycles. The Morgan fingerprint density at radius 1 is 1.10 bits per heavy atom. The molecule has 2 saturated carbocycles. The molecule has 0 bridgehead atoms. The van der Waals surface area contributed by atoms with E-state index >= 15 is 0 Å². The van der Waals surface area contributed by atoms with Crippen LogP contribution in [0.25, 0.3) is 0 Å². The van der Waals surface area contributed by atoms with Gasteiger partial charge in [0.1, 0.15) is 0 Å². The molecule has 2 aliphatic rings. The molecule has 2 aliphatic carbocycles. The number of ether oxygens (including phenoxy) is 1. The second kappa shape index (κ2) is 7.46. The van der Waals surface area contributed by atoms with Crippen LogP contribution in [0.5, 0.6) is 0 Å². The Bertz CT molecular complexity index is 315. The highest BCUT2D eigenvalue weighted by molar-refractivity contribution is 4.89. The van der Waals surface area contributed by atoms with Gasteiger partial charge in [-0.25, -0.2) is 0 Å². The van der Waals surface area contributed by atoms with Crippen molar-refractivity contribution >= 4 is 0 Å². The van der Waals surface area contributed by atoms with Crippen LogP contribution in [0.2, 0.25) is 0 Å². The highest BCUT2D eigenvalue weighted by Crippen LogP contribution is 2.43. The van der Waals surface area contributed by atoms with E-state index in [-0.39, 0.29) is 0 Å². The predicted octanol–water partition coefficient (Wildman–Crippen LogP) is 4.76. The average Bonchev–Trinajstić information content (AvgIpc) is 2.47. The summed E-state index contributed by atoms with van der Waals surface area (Å²) >= 11 is 0. The monoisotopic (exact) mass is 295 g/mol. The van der Waals surface area contributed by atoms with Crippen LogP contribution in [0.4, 0.5) is 0 Å². The molecular weight excluding hydrogens is 258 g/mol. The van der Waals surface area contributed by atoms with E-state index in [1.54, 1.807) is 0 Å². The summed E-state index contributed by atoms with van der Waals surface area (Å²) in [5, 5.41) is 0. The Balaban J connectivity index is 1.96. The normalized spacial score (nSPS) is 38.4.